The molecule has 2 aromatic rings. The summed E-state index contributed by atoms with van der Waals surface area (Å²) in [6.07, 6.45) is 2.22. The Balaban J connectivity index is 1.88. The molecule has 0 radical (unpaired) electrons. The maximum absolute atomic E-state index is 12.4. The molecule has 2 heterocycles. The van der Waals surface area contributed by atoms with Gasteiger partial charge in [0.1, 0.15) is 5.60 Å². The summed E-state index contributed by atoms with van der Waals surface area (Å²) in [6.45, 7) is 8.52. The zero-order valence-electron chi connectivity index (χ0n) is 14.5. The van der Waals surface area contributed by atoms with Crippen LogP contribution < -0.4 is 5.69 Å². The summed E-state index contributed by atoms with van der Waals surface area (Å²) < 4.78 is 7.12. The van der Waals surface area contributed by atoms with Crippen molar-refractivity contribution in [1.29, 1.82) is 0 Å². The smallest absolute Gasteiger partial charge is 0.410 e. The monoisotopic (exact) mass is 329 g/mol. The number of aryl methyl sites for hydroxylation is 1. The van der Waals surface area contributed by atoms with Gasteiger partial charge >= 0.3 is 11.8 Å². The lowest BCUT2D eigenvalue weighted by Crippen LogP contribution is -2.39. The number of para-hydroxylation sites is 1. The van der Waals surface area contributed by atoms with Crippen molar-refractivity contribution in [2.75, 3.05) is 13.1 Å². The molecule has 1 aliphatic rings. The number of fused-ring (bicyclic) bond motifs is 1. The summed E-state index contributed by atoms with van der Waals surface area (Å²) in [5, 5.41) is 0. The minimum absolute atomic E-state index is 0.142. The highest BCUT2D eigenvalue weighted by Crippen LogP contribution is 2.23. The molecule has 3 rings (SSSR count). The van der Waals surface area contributed by atoms with E-state index in [0.29, 0.717) is 19.5 Å². The molecule has 1 aromatic heterocycles. The molecule has 1 aliphatic heterocycles. The molecule has 1 aromatic carbocycles. The number of imidazole rings is 1. The average molecular weight is 329 g/mol. The van der Waals surface area contributed by atoms with Crippen LogP contribution in [-0.2, 0) is 4.74 Å². The molecule has 6 nitrogen and oxygen atoms in total. The van der Waals surface area contributed by atoms with Crippen LogP contribution in [0.15, 0.2) is 29.1 Å². The van der Waals surface area contributed by atoms with Gasteiger partial charge in [-0.15, -0.1) is 0 Å². The summed E-state index contributed by atoms with van der Waals surface area (Å²) in [6, 6.07) is 5.82. The fourth-order valence-corrected chi connectivity index (χ4v) is 2.96. The molecule has 1 amide bonds. The second-order valence-electron chi connectivity index (χ2n) is 7.11. The van der Waals surface area contributed by atoms with Gasteiger partial charge in [-0.2, -0.15) is 0 Å². The number of H-pyrrole nitrogens is 1. The van der Waals surface area contributed by atoms with Gasteiger partial charge in [-0.1, -0.05) is 12.1 Å². The number of aromatic amines is 1. The Morgan fingerprint density at radius 1 is 1.29 bits per heavy atom. The average Bonchev–Trinajstić information content (AvgIpc) is 2.83. The summed E-state index contributed by atoms with van der Waals surface area (Å²) in [4.78, 5) is 29.0. The molecule has 0 fully saturated rings. The van der Waals surface area contributed by atoms with E-state index in [1.165, 1.54) is 0 Å². The summed E-state index contributed by atoms with van der Waals surface area (Å²) in [7, 11) is 0. The van der Waals surface area contributed by atoms with Gasteiger partial charge < -0.3 is 14.6 Å². The SMILES string of the molecule is Cc1cccc2[nH]c(=O)n(C3=CCN(C(=O)OC(C)(C)C)CC3)c12. The highest BCUT2D eigenvalue weighted by Gasteiger charge is 2.25. The number of hydrogen-bond donors (Lipinski definition) is 1. The van der Waals surface area contributed by atoms with Gasteiger partial charge in [0.15, 0.2) is 0 Å². The molecule has 0 aliphatic carbocycles. The van der Waals surface area contributed by atoms with Gasteiger partial charge in [0.2, 0.25) is 0 Å². The number of carbonyl (C=O) groups excluding carboxylic acids is 1. The molecule has 0 saturated heterocycles. The van der Waals surface area contributed by atoms with Crippen LogP contribution in [0.25, 0.3) is 16.7 Å². The first-order valence-electron chi connectivity index (χ1n) is 8.14. The Hall–Kier alpha value is -2.50. The van der Waals surface area contributed by atoms with E-state index in [1.54, 1.807) is 9.47 Å². The van der Waals surface area contributed by atoms with E-state index in [1.807, 2.05) is 52.0 Å². The van der Waals surface area contributed by atoms with Gasteiger partial charge in [0.25, 0.3) is 0 Å². The first-order chi connectivity index (χ1) is 11.3. The second kappa shape index (κ2) is 5.85. The molecular formula is C18H23N3O3. The Morgan fingerprint density at radius 2 is 2.04 bits per heavy atom. The van der Waals surface area contributed by atoms with Crippen molar-refractivity contribution < 1.29 is 9.53 Å². The van der Waals surface area contributed by atoms with Crippen LogP contribution in [0.5, 0.6) is 0 Å². The lowest BCUT2D eigenvalue weighted by Gasteiger charge is -2.29. The van der Waals surface area contributed by atoms with Gasteiger partial charge in [0.05, 0.1) is 11.0 Å². The van der Waals surface area contributed by atoms with Crippen molar-refractivity contribution in [2.45, 2.75) is 39.7 Å². The van der Waals surface area contributed by atoms with Crippen molar-refractivity contribution in [3.63, 3.8) is 0 Å². The van der Waals surface area contributed by atoms with E-state index in [-0.39, 0.29) is 11.8 Å². The highest BCUT2D eigenvalue weighted by molar-refractivity contribution is 5.82. The molecule has 0 bridgehead atoms. The number of nitrogens with one attached hydrogen (secondary N) is 1. The largest absolute Gasteiger partial charge is 0.444 e. The van der Waals surface area contributed by atoms with Crippen LogP contribution in [0.4, 0.5) is 4.79 Å². The first-order valence-corrected chi connectivity index (χ1v) is 8.14. The molecule has 128 valence electrons. The number of amides is 1. The summed E-state index contributed by atoms with van der Waals surface area (Å²) >= 11 is 0. The standard InChI is InChI=1S/C18H23N3O3/c1-12-6-5-7-14-15(12)21(16(22)19-14)13-8-10-20(11-9-13)17(23)24-18(2,3)4/h5-8H,9-11H2,1-4H3,(H,19,22). The molecule has 1 N–H and O–H groups in total. The van der Waals surface area contributed by atoms with E-state index in [2.05, 4.69) is 4.98 Å². The van der Waals surface area contributed by atoms with E-state index in [4.69, 9.17) is 4.74 Å². The Morgan fingerprint density at radius 3 is 2.67 bits per heavy atom. The molecule has 0 spiro atoms. The van der Waals surface area contributed by atoms with Gasteiger partial charge in [0, 0.05) is 25.2 Å². The molecular weight excluding hydrogens is 306 g/mol. The molecule has 0 unspecified atom stereocenters. The predicted octanol–water partition coefficient (Wildman–Crippen LogP) is 3.12. The Labute approximate surface area is 140 Å². The third kappa shape index (κ3) is 3.09. The van der Waals surface area contributed by atoms with E-state index in [0.717, 1.165) is 22.3 Å². The normalized spacial score (nSPS) is 15.5. The van der Waals surface area contributed by atoms with Crippen LogP contribution in [0.2, 0.25) is 0 Å². The van der Waals surface area contributed by atoms with E-state index >= 15 is 0 Å². The third-order valence-electron chi connectivity index (χ3n) is 4.03. The topological polar surface area (TPSA) is 67.3 Å². The molecule has 6 heteroatoms. The van der Waals surface area contributed by atoms with Crippen LogP contribution in [-0.4, -0.2) is 39.2 Å². The summed E-state index contributed by atoms with van der Waals surface area (Å²) in [5.41, 5.74) is 3.04. The maximum Gasteiger partial charge on any atom is 0.410 e. The van der Waals surface area contributed by atoms with Crippen molar-refractivity contribution in [3.8, 4) is 0 Å². The zero-order valence-corrected chi connectivity index (χ0v) is 14.5. The second-order valence-corrected chi connectivity index (χ2v) is 7.11. The van der Waals surface area contributed by atoms with E-state index < -0.39 is 5.60 Å². The highest BCUT2D eigenvalue weighted by atomic mass is 16.6. The molecule has 24 heavy (non-hydrogen) atoms. The number of benzene rings is 1. The van der Waals surface area contributed by atoms with Gasteiger partial charge in [-0.05, 0) is 45.4 Å². The third-order valence-corrected chi connectivity index (χ3v) is 4.03. The van der Waals surface area contributed by atoms with Crippen molar-refractivity contribution in [1.82, 2.24) is 14.5 Å². The fourth-order valence-electron chi connectivity index (χ4n) is 2.96. The van der Waals surface area contributed by atoms with Crippen molar-refractivity contribution in [3.05, 3.63) is 40.3 Å². The number of rotatable bonds is 1. The lowest BCUT2D eigenvalue weighted by atomic mass is 10.1. The predicted molar refractivity (Wildman–Crippen MR) is 94.0 cm³/mol. The first kappa shape index (κ1) is 16.4. The van der Waals surface area contributed by atoms with Gasteiger partial charge in [-0.25, -0.2) is 9.59 Å². The van der Waals surface area contributed by atoms with Gasteiger partial charge in [-0.3, -0.25) is 4.57 Å². The number of carbonyl (C=O) groups is 1. The summed E-state index contributed by atoms with van der Waals surface area (Å²) in [5.74, 6) is 0. The Bertz CT molecular complexity index is 868. The van der Waals surface area contributed by atoms with Crippen LogP contribution in [0, 0.1) is 6.92 Å². The Kier molecular flexibility index (Phi) is 3.99. The van der Waals surface area contributed by atoms with E-state index in [9.17, 15) is 9.59 Å². The molecule has 0 atom stereocenters. The van der Waals surface area contributed by atoms with Crippen molar-refractivity contribution >= 4 is 22.8 Å². The van der Waals surface area contributed by atoms with Crippen LogP contribution in [0.3, 0.4) is 0 Å². The number of aromatic nitrogens is 2. The van der Waals surface area contributed by atoms with Crippen LogP contribution in [0.1, 0.15) is 32.8 Å². The maximum atomic E-state index is 12.4. The number of hydrogen-bond acceptors (Lipinski definition) is 3. The van der Waals surface area contributed by atoms with Crippen molar-refractivity contribution in [2.24, 2.45) is 0 Å². The lowest BCUT2D eigenvalue weighted by molar-refractivity contribution is 0.0269. The minimum atomic E-state index is -0.508. The van der Waals surface area contributed by atoms with Crippen LogP contribution >= 0.6 is 0 Å². The molecule has 0 saturated carbocycles. The fraction of sp³-hybridized carbons (Fsp3) is 0.444. The minimum Gasteiger partial charge on any atom is -0.444 e. The number of nitrogens with zero attached hydrogens (tertiary/aromatic N) is 2. The number of ether oxygens (including phenoxy) is 1. The zero-order chi connectivity index (χ0) is 17.5. The quantitative estimate of drug-likeness (QED) is 0.874.